The van der Waals surface area contributed by atoms with Gasteiger partial charge in [0.2, 0.25) is 5.91 Å². The number of carboxylic acids is 1. The minimum Gasteiger partial charge on any atom is -0.492 e. The number of ether oxygens (including phenoxy) is 2. The normalized spacial score (nSPS) is 13.5. The van der Waals surface area contributed by atoms with Crippen LogP contribution in [0.15, 0.2) is 54.7 Å². The summed E-state index contributed by atoms with van der Waals surface area (Å²) in [7, 11) is 0. The van der Waals surface area contributed by atoms with E-state index in [0.717, 1.165) is 11.1 Å². The van der Waals surface area contributed by atoms with Crippen LogP contribution in [0.3, 0.4) is 0 Å². The number of pyridine rings is 1. The lowest BCUT2D eigenvalue weighted by Gasteiger charge is -2.25. The zero-order chi connectivity index (χ0) is 24.2. The summed E-state index contributed by atoms with van der Waals surface area (Å²) in [6, 6.07) is 13.8. The van der Waals surface area contributed by atoms with Crippen molar-refractivity contribution in [2.45, 2.75) is 32.3 Å². The number of nitrogens with zero attached hydrogens (tertiary/aromatic N) is 1. The standard InChI is InChI=1S/C26H24N2O6/c1-15-22(8-7-20-21(29)11-13-33-24(15)20)34-25(16-2-4-17(5-3-16)26(27)32)18-10-12-28-19(14-18)6-9-23(30)31/h2-5,7-8,10,12,14,25H,6,9,11,13H2,1H3,(H2,27,32)(H,30,31). The first-order valence-electron chi connectivity index (χ1n) is 10.9. The molecule has 1 amide bonds. The number of carbonyl (C=O) groups is 3. The Bertz CT molecular complexity index is 1250. The summed E-state index contributed by atoms with van der Waals surface area (Å²) in [5.74, 6) is -0.334. The quantitative estimate of drug-likeness (QED) is 0.525. The molecular formula is C26H24N2O6. The third kappa shape index (κ3) is 4.91. The second-order valence-electron chi connectivity index (χ2n) is 8.05. The Morgan fingerprint density at radius 1 is 1.15 bits per heavy atom. The van der Waals surface area contributed by atoms with E-state index < -0.39 is 18.0 Å². The highest BCUT2D eigenvalue weighted by atomic mass is 16.5. The van der Waals surface area contributed by atoms with Crippen molar-refractivity contribution in [1.29, 1.82) is 0 Å². The number of carboxylic acid groups (broad SMARTS) is 1. The maximum Gasteiger partial charge on any atom is 0.303 e. The van der Waals surface area contributed by atoms with Crippen LogP contribution in [0.1, 0.15) is 62.0 Å². The van der Waals surface area contributed by atoms with E-state index in [1.54, 1.807) is 48.7 Å². The number of rotatable bonds is 8. The molecule has 3 aromatic rings. The molecule has 174 valence electrons. The van der Waals surface area contributed by atoms with Crippen molar-refractivity contribution in [2.24, 2.45) is 5.73 Å². The third-order valence-corrected chi connectivity index (χ3v) is 5.71. The molecule has 0 fully saturated rings. The maximum absolute atomic E-state index is 12.2. The number of amides is 1. The second-order valence-corrected chi connectivity index (χ2v) is 8.05. The number of carbonyl (C=O) groups excluding carboxylic acids is 2. The van der Waals surface area contributed by atoms with Crippen LogP contribution in [-0.2, 0) is 11.2 Å². The Kier molecular flexibility index (Phi) is 6.58. The lowest BCUT2D eigenvalue weighted by atomic mass is 9.98. The van der Waals surface area contributed by atoms with Gasteiger partial charge in [0.15, 0.2) is 5.78 Å². The number of aliphatic carboxylic acids is 1. The number of aryl methyl sites for hydroxylation is 1. The van der Waals surface area contributed by atoms with Crippen molar-refractivity contribution in [1.82, 2.24) is 4.98 Å². The van der Waals surface area contributed by atoms with E-state index in [1.807, 2.05) is 13.0 Å². The summed E-state index contributed by atoms with van der Waals surface area (Å²) in [6.07, 6.45) is 1.61. The highest BCUT2D eigenvalue weighted by molar-refractivity contribution is 6.00. The Morgan fingerprint density at radius 3 is 2.62 bits per heavy atom. The molecule has 1 atom stereocenters. The summed E-state index contributed by atoms with van der Waals surface area (Å²) in [4.78, 5) is 39.0. The highest BCUT2D eigenvalue weighted by Gasteiger charge is 2.25. The van der Waals surface area contributed by atoms with Gasteiger partial charge in [0.1, 0.15) is 17.6 Å². The average Bonchev–Trinajstić information content (AvgIpc) is 2.83. The van der Waals surface area contributed by atoms with E-state index >= 15 is 0 Å². The van der Waals surface area contributed by atoms with Gasteiger partial charge in [-0.1, -0.05) is 12.1 Å². The number of hydrogen-bond acceptors (Lipinski definition) is 6. The number of ketones is 1. The molecule has 8 heteroatoms. The van der Waals surface area contributed by atoms with Crippen LogP contribution in [0.4, 0.5) is 0 Å². The zero-order valence-corrected chi connectivity index (χ0v) is 18.6. The minimum absolute atomic E-state index is 0.0340. The predicted octanol–water partition coefficient (Wildman–Crippen LogP) is 3.64. The number of aromatic nitrogens is 1. The molecule has 1 aliphatic heterocycles. The van der Waals surface area contributed by atoms with Gasteiger partial charge >= 0.3 is 5.97 Å². The minimum atomic E-state index is -0.902. The monoisotopic (exact) mass is 460 g/mol. The molecular weight excluding hydrogens is 436 g/mol. The Morgan fingerprint density at radius 2 is 1.91 bits per heavy atom. The van der Waals surface area contributed by atoms with Gasteiger partial charge in [0, 0.05) is 41.4 Å². The van der Waals surface area contributed by atoms with Crippen LogP contribution in [0.5, 0.6) is 11.5 Å². The van der Waals surface area contributed by atoms with Crippen molar-refractivity contribution in [3.8, 4) is 11.5 Å². The molecule has 0 aliphatic carbocycles. The van der Waals surface area contributed by atoms with Gasteiger partial charge < -0.3 is 20.3 Å². The smallest absolute Gasteiger partial charge is 0.303 e. The van der Waals surface area contributed by atoms with Crippen LogP contribution >= 0.6 is 0 Å². The van der Waals surface area contributed by atoms with Crippen LogP contribution in [0.2, 0.25) is 0 Å². The van der Waals surface area contributed by atoms with E-state index in [0.29, 0.717) is 46.9 Å². The molecule has 34 heavy (non-hydrogen) atoms. The molecule has 2 aromatic carbocycles. The van der Waals surface area contributed by atoms with Gasteiger partial charge in [-0.3, -0.25) is 19.4 Å². The van der Waals surface area contributed by atoms with E-state index in [2.05, 4.69) is 4.98 Å². The fourth-order valence-electron chi connectivity index (χ4n) is 3.90. The first-order chi connectivity index (χ1) is 16.3. The topological polar surface area (TPSA) is 129 Å². The SMILES string of the molecule is Cc1c(OC(c2ccc(C(N)=O)cc2)c2ccnc(CCC(=O)O)c2)ccc2c1OCCC2=O. The Balaban J connectivity index is 1.73. The van der Waals surface area contributed by atoms with E-state index in [9.17, 15) is 14.4 Å². The summed E-state index contributed by atoms with van der Waals surface area (Å²) in [5.41, 5.74) is 9.15. The number of fused-ring (bicyclic) bond motifs is 1. The number of hydrogen-bond donors (Lipinski definition) is 2. The maximum atomic E-state index is 12.2. The molecule has 0 saturated carbocycles. The first-order valence-corrected chi connectivity index (χ1v) is 10.9. The molecule has 2 heterocycles. The van der Waals surface area contributed by atoms with Gasteiger partial charge in [-0.15, -0.1) is 0 Å². The van der Waals surface area contributed by atoms with Crippen LogP contribution < -0.4 is 15.2 Å². The number of Topliss-reactive ketones (excluding diaryl/α,β-unsaturated/α-hetero) is 1. The van der Waals surface area contributed by atoms with Gasteiger partial charge in [-0.05, 0) is 48.9 Å². The molecule has 0 spiro atoms. The first kappa shape index (κ1) is 23.0. The Hall–Kier alpha value is -4.20. The third-order valence-electron chi connectivity index (χ3n) is 5.71. The summed E-state index contributed by atoms with van der Waals surface area (Å²) < 4.78 is 12.2. The van der Waals surface area contributed by atoms with Crippen molar-refractivity contribution >= 4 is 17.7 Å². The fourth-order valence-corrected chi connectivity index (χ4v) is 3.90. The van der Waals surface area contributed by atoms with Crippen molar-refractivity contribution in [2.75, 3.05) is 6.61 Å². The van der Waals surface area contributed by atoms with Crippen LogP contribution in [0, 0.1) is 6.92 Å². The number of benzene rings is 2. The summed E-state index contributed by atoms with van der Waals surface area (Å²) in [5, 5.41) is 9.02. The van der Waals surface area contributed by atoms with Crippen LogP contribution in [-0.4, -0.2) is 34.4 Å². The summed E-state index contributed by atoms with van der Waals surface area (Å²) in [6.45, 7) is 2.16. The van der Waals surface area contributed by atoms with Gasteiger partial charge in [-0.2, -0.15) is 0 Å². The fraction of sp³-hybridized carbons (Fsp3) is 0.231. The van der Waals surface area contributed by atoms with Gasteiger partial charge in [0.25, 0.3) is 0 Å². The second kappa shape index (κ2) is 9.74. The predicted molar refractivity (Wildman–Crippen MR) is 123 cm³/mol. The van der Waals surface area contributed by atoms with Gasteiger partial charge in [0.05, 0.1) is 18.6 Å². The molecule has 3 N–H and O–H groups in total. The van der Waals surface area contributed by atoms with E-state index in [4.69, 9.17) is 20.3 Å². The molecule has 1 aromatic heterocycles. The number of nitrogens with two attached hydrogens (primary N) is 1. The van der Waals surface area contributed by atoms with Crippen LogP contribution in [0.25, 0.3) is 0 Å². The van der Waals surface area contributed by atoms with Crippen molar-refractivity contribution < 1.29 is 29.0 Å². The largest absolute Gasteiger partial charge is 0.492 e. The van der Waals surface area contributed by atoms with Gasteiger partial charge in [-0.25, -0.2) is 0 Å². The van der Waals surface area contributed by atoms with Crippen molar-refractivity contribution in [3.05, 3.63) is 88.2 Å². The molecule has 0 saturated heterocycles. The Labute approximate surface area is 196 Å². The molecule has 0 bridgehead atoms. The molecule has 0 radical (unpaired) electrons. The van der Waals surface area contributed by atoms with E-state index in [1.165, 1.54) is 0 Å². The summed E-state index contributed by atoms with van der Waals surface area (Å²) >= 11 is 0. The average molecular weight is 460 g/mol. The number of primary amides is 1. The molecule has 4 rings (SSSR count). The molecule has 8 nitrogen and oxygen atoms in total. The zero-order valence-electron chi connectivity index (χ0n) is 18.6. The molecule has 1 aliphatic rings. The van der Waals surface area contributed by atoms with E-state index in [-0.39, 0.29) is 18.6 Å². The lowest BCUT2D eigenvalue weighted by Crippen LogP contribution is -2.17. The lowest BCUT2D eigenvalue weighted by molar-refractivity contribution is -0.136. The highest BCUT2D eigenvalue weighted by Crippen LogP contribution is 2.38. The van der Waals surface area contributed by atoms with Crippen molar-refractivity contribution in [3.63, 3.8) is 0 Å². The molecule has 1 unspecified atom stereocenters.